The van der Waals surface area contributed by atoms with Crippen LogP contribution in [0.3, 0.4) is 0 Å². The summed E-state index contributed by atoms with van der Waals surface area (Å²) in [6.07, 6.45) is 1.40. The van der Waals surface area contributed by atoms with Crippen molar-refractivity contribution < 1.29 is 13.2 Å². The highest BCUT2D eigenvalue weighted by molar-refractivity contribution is 7.89. The van der Waals surface area contributed by atoms with Crippen LogP contribution in [0, 0.1) is 0 Å². The van der Waals surface area contributed by atoms with Gasteiger partial charge in [-0.25, -0.2) is 18.1 Å². The molecule has 0 atom stereocenters. The Kier molecular flexibility index (Phi) is 5.81. The fourth-order valence-corrected chi connectivity index (χ4v) is 3.69. The van der Waals surface area contributed by atoms with Crippen LogP contribution in [0.2, 0.25) is 0 Å². The zero-order valence-electron chi connectivity index (χ0n) is 15.2. The number of nitrogens with zero attached hydrogens (tertiary/aromatic N) is 2. The van der Waals surface area contributed by atoms with Crippen LogP contribution in [0.15, 0.2) is 76.7 Å². The molecule has 0 fully saturated rings. The first-order valence-corrected chi connectivity index (χ1v) is 10.1. The first kappa shape index (κ1) is 19.7. The fraction of sp³-hybridized carbons (Fsp3) is 0.150. The third-order valence-electron chi connectivity index (χ3n) is 4.14. The van der Waals surface area contributed by atoms with Gasteiger partial charge in [0.15, 0.2) is 5.78 Å². The van der Waals surface area contributed by atoms with Crippen molar-refractivity contribution in [1.82, 2.24) is 14.3 Å². The number of hydrogen-bond acceptors (Lipinski definition) is 5. The molecule has 0 aliphatic rings. The van der Waals surface area contributed by atoms with Gasteiger partial charge in [-0.3, -0.25) is 14.2 Å². The van der Waals surface area contributed by atoms with E-state index >= 15 is 0 Å². The highest BCUT2D eigenvalue weighted by Gasteiger charge is 2.15. The van der Waals surface area contributed by atoms with E-state index in [1.807, 2.05) is 30.3 Å². The summed E-state index contributed by atoms with van der Waals surface area (Å²) in [4.78, 5) is 28.0. The lowest BCUT2D eigenvalue weighted by Crippen LogP contribution is -2.31. The maximum atomic E-state index is 12.4. The van der Waals surface area contributed by atoms with Crippen LogP contribution in [0.4, 0.5) is 0 Å². The molecule has 0 aliphatic heterocycles. The number of carbonyl (C=O) groups is 1. The zero-order chi connectivity index (χ0) is 20.1. The Balaban J connectivity index is 1.68. The maximum Gasteiger partial charge on any atom is 0.253 e. The average Bonchev–Trinajstić information content (AvgIpc) is 2.70. The molecule has 0 bridgehead atoms. The first-order chi connectivity index (χ1) is 13.4. The Morgan fingerprint density at radius 1 is 1.07 bits per heavy atom. The van der Waals surface area contributed by atoms with Gasteiger partial charge in [0.1, 0.15) is 0 Å². The molecule has 0 aliphatic carbocycles. The topological polar surface area (TPSA) is 98.1 Å². The molecule has 1 aromatic heterocycles. The molecule has 0 saturated carbocycles. The Morgan fingerprint density at radius 2 is 1.82 bits per heavy atom. The molecule has 7 nitrogen and oxygen atoms in total. The van der Waals surface area contributed by atoms with E-state index in [9.17, 15) is 18.0 Å². The number of carbonyl (C=O) groups excluding carboxylic acids is 1. The van der Waals surface area contributed by atoms with Gasteiger partial charge in [0.2, 0.25) is 10.0 Å². The third-order valence-corrected chi connectivity index (χ3v) is 5.60. The molecule has 2 aromatic carbocycles. The van der Waals surface area contributed by atoms with Gasteiger partial charge < -0.3 is 0 Å². The molecule has 3 aromatic rings. The SMILES string of the molecule is CC(=O)c1cccc(S(=O)(=O)NCCn2cnc(-c3ccccc3)cc2=O)c1. The van der Waals surface area contributed by atoms with E-state index in [1.165, 1.54) is 42.1 Å². The van der Waals surface area contributed by atoms with E-state index in [0.29, 0.717) is 11.3 Å². The highest BCUT2D eigenvalue weighted by atomic mass is 32.2. The Labute approximate surface area is 162 Å². The van der Waals surface area contributed by atoms with Gasteiger partial charge in [0.05, 0.1) is 16.9 Å². The smallest absolute Gasteiger partial charge is 0.253 e. The van der Waals surface area contributed by atoms with Crippen molar-refractivity contribution in [3.63, 3.8) is 0 Å². The molecular formula is C20H19N3O4S. The molecule has 1 heterocycles. The number of Topliss-reactive ketones (excluding diaryl/α,β-unsaturated/α-hetero) is 1. The second kappa shape index (κ2) is 8.28. The van der Waals surface area contributed by atoms with E-state index < -0.39 is 10.0 Å². The van der Waals surface area contributed by atoms with Gasteiger partial charge in [-0.2, -0.15) is 0 Å². The second-order valence-electron chi connectivity index (χ2n) is 6.15. The number of aromatic nitrogens is 2. The minimum Gasteiger partial charge on any atom is -0.298 e. The van der Waals surface area contributed by atoms with Gasteiger partial charge in [-0.1, -0.05) is 42.5 Å². The summed E-state index contributed by atoms with van der Waals surface area (Å²) in [5.74, 6) is -0.215. The van der Waals surface area contributed by atoms with E-state index in [-0.39, 0.29) is 29.3 Å². The van der Waals surface area contributed by atoms with E-state index in [0.717, 1.165) is 5.56 Å². The zero-order valence-corrected chi connectivity index (χ0v) is 16.0. The minimum atomic E-state index is -3.79. The van der Waals surface area contributed by atoms with Crippen molar-refractivity contribution >= 4 is 15.8 Å². The van der Waals surface area contributed by atoms with E-state index in [4.69, 9.17) is 0 Å². The molecule has 0 saturated heterocycles. The molecule has 0 spiro atoms. The Morgan fingerprint density at radius 3 is 2.50 bits per heavy atom. The number of rotatable bonds is 7. The van der Waals surface area contributed by atoms with Crippen LogP contribution in [0.5, 0.6) is 0 Å². The summed E-state index contributed by atoms with van der Waals surface area (Å²) in [5, 5.41) is 0. The van der Waals surface area contributed by atoms with Crippen LogP contribution >= 0.6 is 0 Å². The van der Waals surface area contributed by atoms with Crippen molar-refractivity contribution in [2.75, 3.05) is 6.54 Å². The fourth-order valence-electron chi connectivity index (χ4n) is 2.63. The molecule has 1 N–H and O–H groups in total. The second-order valence-corrected chi connectivity index (χ2v) is 7.92. The van der Waals surface area contributed by atoms with E-state index in [2.05, 4.69) is 9.71 Å². The number of hydrogen-bond donors (Lipinski definition) is 1. The number of sulfonamides is 1. The molecule has 0 amide bonds. The third kappa shape index (κ3) is 4.59. The monoisotopic (exact) mass is 397 g/mol. The molecular weight excluding hydrogens is 378 g/mol. The predicted molar refractivity (Wildman–Crippen MR) is 106 cm³/mol. The van der Waals surface area contributed by atoms with Crippen molar-refractivity contribution in [3.8, 4) is 11.3 Å². The standard InChI is InChI=1S/C20H19N3O4S/c1-15(24)17-8-5-9-18(12-17)28(26,27)22-10-11-23-14-21-19(13-20(23)25)16-6-3-2-4-7-16/h2-9,12-14,22H,10-11H2,1H3. The first-order valence-electron chi connectivity index (χ1n) is 8.59. The normalized spacial score (nSPS) is 11.3. The average molecular weight is 397 g/mol. The summed E-state index contributed by atoms with van der Waals surface area (Å²) >= 11 is 0. The van der Waals surface area contributed by atoms with Gasteiger partial charge in [-0.15, -0.1) is 0 Å². The summed E-state index contributed by atoms with van der Waals surface area (Å²) in [5.41, 5.74) is 1.44. The van der Waals surface area contributed by atoms with Crippen LogP contribution in [-0.2, 0) is 16.6 Å². The number of ketones is 1. The van der Waals surface area contributed by atoms with Crippen LogP contribution in [0.1, 0.15) is 17.3 Å². The summed E-state index contributed by atoms with van der Waals surface area (Å²) in [6, 6.07) is 16.5. The van der Waals surface area contributed by atoms with Gasteiger partial charge in [0, 0.05) is 30.3 Å². The van der Waals surface area contributed by atoms with Gasteiger partial charge in [-0.05, 0) is 19.1 Å². The van der Waals surface area contributed by atoms with Crippen molar-refractivity contribution in [3.05, 3.63) is 82.9 Å². The lowest BCUT2D eigenvalue weighted by molar-refractivity contribution is 0.101. The molecule has 0 unspecified atom stereocenters. The van der Waals surface area contributed by atoms with Gasteiger partial charge in [0.25, 0.3) is 5.56 Å². The Hall–Kier alpha value is -3.10. The summed E-state index contributed by atoms with van der Waals surface area (Å²) in [7, 11) is -3.79. The molecule has 144 valence electrons. The largest absolute Gasteiger partial charge is 0.298 e. The predicted octanol–water partition coefficient (Wildman–Crippen LogP) is 2.09. The molecule has 8 heteroatoms. The maximum absolute atomic E-state index is 12.4. The Bertz CT molecular complexity index is 1160. The van der Waals surface area contributed by atoms with Crippen molar-refractivity contribution in [2.24, 2.45) is 0 Å². The van der Waals surface area contributed by atoms with Gasteiger partial charge >= 0.3 is 0 Å². The minimum absolute atomic E-state index is 0.00472. The van der Waals surface area contributed by atoms with Crippen LogP contribution in [-0.4, -0.2) is 30.3 Å². The lowest BCUT2D eigenvalue weighted by Gasteiger charge is -2.09. The molecule has 28 heavy (non-hydrogen) atoms. The molecule has 3 rings (SSSR count). The summed E-state index contributed by atoms with van der Waals surface area (Å²) in [6.45, 7) is 1.52. The van der Waals surface area contributed by atoms with E-state index in [1.54, 1.807) is 6.07 Å². The lowest BCUT2D eigenvalue weighted by atomic mass is 10.1. The number of benzene rings is 2. The quantitative estimate of drug-likeness (QED) is 0.616. The number of nitrogens with one attached hydrogen (secondary N) is 1. The van der Waals surface area contributed by atoms with Crippen molar-refractivity contribution in [1.29, 1.82) is 0 Å². The van der Waals surface area contributed by atoms with Crippen LogP contribution in [0.25, 0.3) is 11.3 Å². The highest BCUT2D eigenvalue weighted by Crippen LogP contribution is 2.14. The van der Waals surface area contributed by atoms with Crippen molar-refractivity contribution in [2.45, 2.75) is 18.4 Å². The summed E-state index contributed by atoms with van der Waals surface area (Å²) < 4.78 is 28.6. The molecule has 0 radical (unpaired) electrons. The van der Waals surface area contributed by atoms with Crippen LogP contribution < -0.4 is 10.3 Å².